The Morgan fingerprint density at radius 1 is 1.42 bits per heavy atom. The molecule has 0 aliphatic heterocycles. The van der Waals surface area contributed by atoms with Crippen LogP contribution in [-0.4, -0.2) is 45.5 Å². The molecule has 0 amide bonds. The topological polar surface area (TPSA) is 34.0 Å². The van der Waals surface area contributed by atoms with Crippen LogP contribution in [0.1, 0.15) is 18.3 Å². The van der Waals surface area contributed by atoms with Crippen LogP contribution in [-0.2, 0) is 13.0 Å². The van der Waals surface area contributed by atoms with E-state index in [4.69, 9.17) is 11.6 Å². The molecule has 0 aliphatic rings. The van der Waals surface area contributed by atoms with Gasteiger partial charge in [0.05, 0.1) is 0 Å². The van der Waals surface area contributed by atoms with Gasteiger partial charge in [0.1, 0.15) is 11.3 Å². The minimum absolute atomic E-state index is 0.589. The summed E-state index contributed by atoms with van der Waals surface area (Å²) in [7, 11) is 2.12. The molecule has 5 heteroatoms. The van der Waals surface area contributed by atoms with Gasteiger partial charge in [-0.3, -0.25) is 0 Å². The van der Waals surface area contributed by atoms with Crippen molar-refractivity contribution < 1.29 is 0 Å². The van der Waals surface area contributed by atoms with Crippen molar-refractivity contribution in [3.05, 3.63) is 23.7 Å². The predicted octanol–water partition coefficient (Wildman–Crippen LogP) is 2.47. The molecule has 104 valence electrons. The summed E-state index contributed by atoms with van der Waals surface area (Å²) in [6.07, 6.45) is 2.68. The first-order chi connectivity index (χ1) is 9.15. The molecule has 2 heterocycles. The second kappa shape index (κ2) is 6.35. The Kier molecular flexibility index (Phi) is 4.77. The molecular weight excluding hydrogens is 260 g/mol. The Labute approximate surface area is 119 Å². The van der Waals surface area contributed by atoms with E-state index in [0.717, 1.165) is 48.6 Å². The minimum Gasteiger partial charge on any atom is -0.311 e. The molecule has 0 saturated heterocycles. The smallest absolute Gasteiger partial charge is 0.160 e. The Balaban J connectivity index is 2.34. The lowest BCUT2D eigenvalue weighted by Crippen LogP contribution is -2.23. The quantitative estimate of drug-likeness (QED) is 0.763. The van der Waals surface area contributed by atoms with Crippen LogP contribution < -0.4 is 0 Å². The number of hydrogen-bond acceptors (Lipinski definition) is 3. The first kappa shape index (κ1) is 14.3. The zero-order valence-electron chi connectivity index (χ0n) is 11.9. The maximum absolute atomic E-state index is 5.87. The molecule has 0 radical (unpaired) electrons. The lowest BCUT2D eigenvalue weighted by atomic mass is 10.3. The van der Waals surface area contributed by atoms with Gasteiger partial charge in [-0.05, 0) is 32.1 Å². The van der Waals surface area contributed by atoms with Gasteiger partial charge in [0.2, 0.25) is 0 Å². The summed E-state index contributed by atoms with van der Waals surface area (Å²) in [6, 6.07) is 2.08. The molecule has 0 atom stereocenters. The highest BCUT2D eigenvalue weighted by Gasteiger charge is 2.11. The fourth-order valence-electron chi connectivity index (χ4n) is 2.10. The van der Waals surface area contributed by atoms with Crippen LogP contribution in [0.25, 0.3) is 11.2 Å². The van der Waals surface area contributed by atoms with E-state index >= 15 is 0 Å². The molecule has 0 bridgehead atoms. The van der Waals surface area contributed by atoms with E-state index in [0.29, 0.717) is 5.88 Å². The summed E-state index contributed by atoms with van der Waals surface area (Å²) in [6.45, 7) is 7.14. The molecule has 2 aromatic heterocycles. The molecule has 0 unspecified atom stereocenters. The molecule has 0 spiro atoms. The van der Waals surface area contributed by atoms with Crippen molar-refractivity contribution in [1.29, 1.82) is 0 Å². The molecule has 4 nitrogen and oxygen atoms in total. The van der Waals surface area contributed by atoms with Gasteiger partial charge in [0.25, 0.3) is 0 Å². The second-order valence-corrected chi connectivity index (χ2v) is 5.25. The van der Waals surface area contributed by atoms with Crippen LogP contribution in [0.5, 0.6) is 0 Å². The van der Waals surface area contributed by atoms with E-state index in [-0.39, 0.29) is 0 Å². The largest absolute Gasteiger partial charge is 0.311 e. The molecule has 0 aliphatic carbocycles. The van der Waals surface area contributed by atoms with Crippen LogP contribution in [0.4, 0.5) is 0 Å². The summed E-state index contributed by atoms with van der Waals surface area (Å²) in [4.78, 5) is 11.5. The molecule has 0 fully saturated rings. The van der Waals surface area contributed by atoms with Gasteiger partial charge in [-0.25, -0.2) is 9.97 Å². The van der Waals surface area contributed by atoms with Crippen LogP contribution in [0.15, 0.2) is 12.3 Å². The van der Waals surface area contributed by atoms with E-state index in [2.05, 4.69) is 39.5 Å². The van der Waals surface area contributed by atoms with Gasteiger partial charge < -0.3 is 9.47 Å². The highest BCUT2D eigenvalue weighted by atomic mass is 35.5. The van der Waals surface area contributed by atoms with Crippen molar-refractivity contribution >= 4 is 22.8 Å². The number of aryl methyl sites for hydroxylation is 2. The van der Waals surface area contributed by atoms with E-state index in [1.807, 2.05) is 13.1 Å². The maximum atomic E-state index is 5.87. The Morgan fingerprint density at radius 2 is 2.21 bits per heavy atom. The van der Waals surface area contributed by atoms with Crippen molar-refractivity contribution in [3.63, 3.8) is 0 Å². The van der Waals surface area contributed by atoms with Crippen LogP contribution >= 0.6 is 11.6 Å². The predicted molar refractivity (Wildman–Crippen MR) is 79.9 cm³/mol. The number of fused-ring (bicyclic) bond motifs is 1. The summed E-state index contributed by atoms with van der Waals surface area (Å²) >= 11 is 5.87. The average Bonchev–Trinajstić information content (AvgIpc) is 2.73. The molecule has 0 N–H and O–H groups in total. The zero-order chi connectivity index (χ0) is 13.8. The van der Waals surface area contributed by atoms with Crippen molar-refractivity contribution in [2.24, 2.45) is 0 Å². The number of likely N-dealkylation sites (N-methyl/N-ethyl adjacent to an activating group) is 1. The van der Waals surface area contributed by atoms with Gasteiger partial charge in [-0.15, -0.1) is 11.6 Å². The van der Waals surface area contributed by atoms with Crippen LogP contribution in [0.2, 0.25) is 0 Å². The third-order valence-electron chi connectivity index (χ3n) is 3.36. The monoisotopic (exact) mass is 280 g/mol. The Hall–Kier alpha value is -1.13. The first-order valence-corrected chi connectivity index (χ1v) is 7.25. The molecule has 2 rings (SSSR count). The van der Waals surface area contributed by atoms with Gasteiger partial charge in [0.15, 0.2) is 5.65 Å². The zero-order valence-corrected chi connectivity index (χ0v) is 12.6. The van der Waals surface area contributed by atoms with Crippen molar-refractivity contribution in [2.45, 2.75) is 26.8 Å². The summed E-state index contributed by atoms with van der Waals surface area (Å²) < 4.78 is 2.20. The number of alkyl halides is 1. The fourth-order valence-corrected chi connectivity index (χ4v) is 2.27. The van der Waals surface area contributed by atoms with Gasteiger partial charge in [-0.2, -0.15) is 0 Å². The SMILES string of the molecule is CCN(C)CCn1c(CCCl)nc2cc(C)cnc21. The normalized spacial score (nSPS) is 11.6. The number of rotatable bonds is 6. The summed E-state index contributed by atoms with van der Waals surface area (Å²) in [5.74, 6) is 1.62. The molecule has 2 aromatic rings. The third-order valence-corrected chi connectivity index (χ3v) is 3.55. The van der Waals surface area contributed by atoms with Crippen molar-refractivity contribution in [1.82, 2.24) is 19.4 Å². The second-order valence-electron chi connectivity index (χ2n) is 4.87. The number of hydrogen-bond donors (Lipinski definition) is 0. The van der Waals surface area contributed by atoms with E-state index in [9.17, 15) is 0 Å². The standard InChI is InChI=1S/C14H21ClN4/c1-4-18(3)7-8-19-13(5-6-15)17-12-9-11(2)10-16-14(12)19/h9-10H,4-8H2,1-3H3. The molecule has 0 saturated carbocycles. The maximum Gasteiger partial charge on any atom is 0.160 e. The van der Waals surface area contributed by atoms with E-state index in [1.54, 1.807) is 0 Å². The Morgan fingerprint density at radius 3 is 2.89 bits per heavy atom. The third kappa shape index (κ3) is 3.25. The molecule has 19 heavy (non-hydrogen) atoms. The number of aromatic nitrogens is 3. The average molecular weight is 281 g/mol. The van der Waals surface area contributed by atoms with Crippen LogP contribution in [0.3, 0.4) is 0 Å². The van der Waals surface area contributed by atoms with Gasteiger partial charge >= 0.3 is 0 Å². The van der Waals surface area contributed by atoms with Crippen molar-refractivity contribution in [2.75, 3.05) is 26.0 Å². The van der Waals surface area contributed by atoms with Crippen molar-refractivity contribution in [3.8, 4) is 0 Å². The molecule has 0 aromatic carbocycles. The number of imidazole rings is 1. The summed E-state index contributed by atoms with van der Waals surface area (Å²) in [5.41, 5.74) is 3.08. The lowest BCUT2D eigenvalue weighted by Gasteiger charge is -2.15. The lowest BCUT2D eigenvalue weighted by molar-refractivity contribution is 0.335. The highest BCUT2D eigenvalue weighted by molar-refractivity contribution is 6.17. The fraction of sp³-hybridized carbons (Fsp3) is 0.571. The van der Waals surface area contributed by atoms with Gasteiger partial charge in [0, 0.05) is 31.6 Å². The van der Waals surface area contributed by atoms with E-state index < -0.39 is 0 Å². The minimum atomic E-state index is 0.589. The van der Waals surface area contributed by atoms with Gasteiger partial charge in [-0.1, -0.05) is 6.92 Å². The highest BCUT2D eigenvalue weighted by Crippen LogP contribution is 2.16. The Bertz CT molecular complexity index is 550. The molecular formula is C14H21ClN4. The number of halogens is 1. The number of nitrogens with zero attached hydrogens (tertiary/aromatic N) is 4. The van der Waals surface area contributed by atoms with Crippen LogP contribution in [0, 0.1) is 6.92 Å². The summed E-state index contributed by atoms with van der Waals surface area (Å²) in [5, 5.41) is 0. The first-order valence-electron chi connectivity index (χ1n) is 6.72. The van der Waals surface area contributed by atoms with E-state index in [1.165, 1.54) is 0 Å². The number of pyridine rings is 1.